The molecule has 1 atom stereocenters. The van der Waals surface area contributed by atoms with Gasteiger partial charge in [-0.3, -0.25) is 9.59 Å². The van der Waals surface area contributed by atoms with Gasteiger partial charge in [-0.1, -0.05) is 12.2 Å². The average molecular weight is 371 g/mol. The third-order valence-corrected chi connectivity index (χ3v) is 4.88. The van der Waals surface area contributed by atoms with Crippen LogP contribution >= 0.6 is 0 Å². The fourth-order valence-electron chi connectivity index (χ4n) is 3.37. The second-order valence-corrected chi connectivity index (χ2v) is 6.61. The van der Waals surface area contributed by atoms with Crippen molar-refractivity contribution in [2.24, 2.45) is 5.92 Å². The van der Waals surface area contributed by atoms with E-state index < -0.39 is 0 Å². The Labute approximate surface area is 158 Å². The molecule has 0 radical (unpaired) electrons. The molecule has 1 aliphatic carbocycles. The number of hydrogen-bond donors (Lipinski definition) is 1. The topological polar surface area (TPSA) is 84.5 Å². The average Bonchev–Trinajstić information content (AvgIpc) is 3.18. The van der Waals surface area contributed by atoms with Gasteiger partial charge in [0.1, 0.15) is 5.82 Å². The van der Waals surface area contributed by atoms with Crippen molar-refractivity contribution < 1.29 is 14.3 Å². The van der Waals surface area contributed by atoms with Crippen LogP contribution in [0, 0.1) is 5.92 Å². The maximum Gasteiger partial charge on any atom is 0.258 e. The van der Waals surface area contributed by atoms with Gasteiger partial charge in [0.05, 0.1) is 31.7 Å². The Morgan fingerprint density at radius 3 is 2.67 bits per heavy atom. The summed E-state index contributed by atoms with van der Waals surface area (Å²) in [5.74, 6) is 1.82. The molecule has 0 fully saturated rings. The summed E-state index contributed by atoms with van der Waals surface area (Å²) in [4.78, 5) is 34.1. The number of aromatic nitrogens is 2. The number of fused-ring (bicyclic) bond motifs is 1. The molecule has 1 aliphatic rings. The van der Waals surface area contributed by atoms with E-state index in [9.17, 15) is 9.59 Å². The molecule has 1 N–H and O–H groups in total. The van der Waals surface area contributed by atoms with E-state index in [2.05, 4.69) is 22.1 Å². The molecule has 1 unspecified atom stereocenters. The minimum absolute atomic E-state index is 0.0732. The second-order valence-electron chi connectivity index (χ2n) is 6.61. The highest BCUT2D eigenvalue weighted by Crippen LogP contribution is 2.30. The number of aromatic amines is 1. The predicted molar refractivity (Wildman–Crippen MR) is 103 cm³/mol. The zero-order valence-electron chi connectivity index (χ0n) is 15.9. The monoisotopic (exact) mass is 371 g/mol. The molecule has 1 aromatic heterocycles. The zero-order valence-corrected chi connectivity index (χ0v) is 15.9. The summed E-state index contributed by atoms with van der Waals surface area (Å²) in [5, 5.41) is 0.418. The summed E-state index contributed by atoms with van der Waals surface area (Å²) in [7, 11) is 3.05. The lowest BCUT2D eigenvalue weighted by atomic mass is 10.0. The van der Waals surface area contributed by atoms with Crippen LogP contribution in [-0.4, -0.2) is 41.5 Å². The van der Waals surface area contributed by atoms with E-state index in [-0.39, 0.29) is 18.0 Å². The third kappa shape index (κ3) is 4.13. The lowest BCUT2D eigenvalue weighted by molar-refractivity contribution is -0.132. The fourth-order valence-corrected chi connectivity index (χ4v) is 3.37. The first-order chi connectivity index (χ1) is 13.0. The molecule has 7 nitrogen and oxygen atoms in total. The van der Waals surface area contributed by atoms with E-state index in [1.165, 1.54) is 14.2 Å². The van der Waals surface area contributed by atoms with Crippen LogP contribution in [0.3, 0.4) is 0 Å². The predicted octanol–water partition coefficient (Wildman–Crippen LogP) is 2.65. The highest BCUT2D eigenvalue weighted by molar-refractivity contribution is 5.82. The van der Waals surface area contributed by atoms with Gasteiger partial charge in [0.25, 0.3) is 5.56 Å². The van der Waals surface area contributed by atoms with Crippen molar-refractivity contribution in [2.75, 3.05) is 20.8 Å². The van der Waals surface area contributed by atoms with Crippen molar-refractivity contribution in [3.8, 4) is 11.5 Å². The number of benzene rings is 1. The highest BCUT2D eigenvalue weighted by Gasteiger charge is 2.20. The molecule has 1 heterocycles. The van der Waals surface area contributed by atoms with Crippen LogP contribution < -0.4 is 15.0 Å². The quantitative estimate of drug-likeness (QED) is 0.757. The van der Waals surface area contributed by atoms with Crippen molar-refractivity contribution in [1.29, 1.82) is 0 Å². The van der Waals surface area contributed by atoms with Crippen LogP contribution in [0.2, 0.25) is 0 Å². The molecule has 0 bridgehead atoms. The first-order valence-electron chi connectivity index (χ1n) is 9.15. The number of allylic oxidation sites excluding steroid dienone is 2. The summed E-state index contributed by atoms with van der Waals surface area (Å²) in [5.41, 5.74) is 0.242. The van der Waals surface area contributed by atoms with E-state index >= 15 is 0 Å². The van der Waals surface area contributed by atoms with E-state index in [0.29, 0.717) is 47.1 Å². The zero-order chi connectivity index (χ0) is 19.4. The van der Waals surface area contributed by atoms with Crippen molar-refractivity contribution in [1.82, 2.24) is 14.9 Å². The first-order valence-corrected chi connectivity index (χ1v) is 9.15. The lowest BCUT2D eigenvalue weighted by Crippen LogP contribution is -2.32. The second kappa shape index (κ2) is 8.24. The van der Waals surface area contributed by atoms with Crippen molar-refractivity contribution in [2.45, 2.75) is 32.7 Å². The maximum absolute atomic E-state index is 12.6. The number of ether oxygens (including phenoxy) is 2. The molecular weight excluding hydrogens is 346 g/mol. The van der Waals surface area contributed by atoms with E-state index in [1.54, 1.807) is 17.0 Å². The largest absolute Gasteiger partial charge is 0.493 e. The number of rotatable bonds is 7. The van der Waals surface area contributed by atoms with Gasteiger partial charge >= 0.3 is 0 Å². The number of nitrogens with one attached hydrogen (secondary N) is 1. The highest BCUT2D eigenvalue weighted by atomic mass is 16.5. The molecule has 3 rings (SSSR count). The Kier molecular flexibility index (Phi) is 5.78. The third-order valence-electron chi connectivity index (χ3n) is 4.88. The smallest absolute Gasteiger partial charge is 0.258 e. The van der Waals surface area contributed by atoms with Gasteiger partial charge in [-0.05, 0) is 31.7 Å². The Bertz CT molecular complexity index is 919. The SMILES string of the molecule is CCN(Cc1nc2cc(OC)c(OC)cc2c(=O)[nH]1)C(=O)CC1C=CCC1. The van der Waals surface area contributed by atoms with Crippen molar-refractivity contribution >= 4 is 16.8 Å². The number of hydrogen-bond acceptors (Lipinski definition) is 5. The Hall–Kier alpha value is -2.83. The summed E-state index contributed by atoms with van der Waals surface area (Å²) >= 11 is 0. The molecule has 0 saturated carbocycles. The number of carbonyl (C=O) groups is 1. The normalized spacial score (nSPS) is 15.9. The van der Waals surface area contributed by atoms with Gasteiger partial charge in [-0.15, -0.1) is 0 Å². The number of carbonyl (C=O) groups excluding carboxylic acids is 1. The van der Waals surface area contributed by atoms with Crippen LogP contribution in [0.25, 0.3) is 10.9 Å². The van der Waals surface area contributed by atoms with Crippen LogP contribution in [0.5, 0.6) is 11.5 Å². The molecule has 2 aromatic rings. The lowest BCUT2D eigenvalue weighted by Gasteiger charge is -2.22. The van der Waals surface area contributed by atoms with Gasteiger partial charge in [0.15, 0.2) is 11.5 Å². The molecule has 27 heavy (non-hydrogen) atoms. The van der Waals surface area contributed by atoms with Crippen molar-refractivity contribution in [3.63, 3.8) is 0 Å². The standard InChI is InChI=1S/C20H25N3O4/c1-4-23(19(24)9-13-7-5-6-8-13)12-18-21-15-11-17(27-3)16(26-2)10-14(15)20(25)22-18/h5,7,10-11,13H,4,6,8-9,12H2,1-3H3,(H,21,22,25). The van der Waals surface area contributed by atoms with Gasteiger partial charge in [-0.2, -0.15) is 0 Å². The molecule has 1 amide bonds. The van der Waals surface area contributed by atoms with Gasteiger partial charge in [0.2, 0.25) is 5.91 Å². The Balaban J connectivity index is 1.85. The Morgan fingerprint density at radius 1 is 1.30 bits per heavy atom. The minimum atomic E-state index is -0.266. The van der Waals surface area contributed by atoms with Gasteiger partial charge in [0, 0.05) is 19.0 Å². The maximum atomic E-state index is 12.6. The van der Waals surface area contributed by atoms with E-state index in [1.807, 2.05) is 6.92 Å². The first kappa shape index (κ1) is 18.9. The van der Waals surface area contributed by atoms with Crippen LogP contribution in [0.15, 0.2) is 29.1 Å². The molecule has 144 valence electrons. The van der Waals surface area contributed by atoms with Crippen molar-refractivity contribution in [3.05, 3.63) is 40.5 Å². The summed E-state index contributed by atoms with van der Waals surface area (Å²) in [6, 6.07) is 3.29. The molecule has 1 aromatic carbocycles. The Morgan fingerprint density at radius 2 is 2.04 bits per heavy atom. The minimum Gasteiger partial charge on any atom is -0.493 e. The number of amides is 1. The molecule has 7 heteroatoms. The van der Waals surface area contributed by atoms with Crippen LogP contribution in [0.4, 0.5) is 0 Å². The van der Waals surface area contributed by atoms with Gasteiger partial charge in [-0.25, -0.2) is 4.98 Å². The summed E-state index contributed by atoms with van der Waals surface area (Å²) in [6.07, 6.45) is 6.79. The van der Waals surface area contributed by atoms with E-state index in [0.717, 1.165) is 12.8 Å². The van der Waals surface area contributed by atoms with Gasteiger partial charge < -0.3 is 19.4 Å². The molecule has 0 saturated heterocycles. The number of methoxy groups -OCH3 is 2. The molecular formula is C20H25N3O4. The van der Waals surface area contributed by atoms with Crippen LogP contribution in [0.1, 0.15) is 32.0 Å². The number of nitrogens with zero attached hydrogens (tertiary/aromatic N) is 2. The fraction of sp³-hybridized carbons (Fsp3) is 0.450. The summed E-state index contributed by atoms with van der Waals surface area (Å²) < 4.78 is 10.5. The molecule has 0 aliphatic heterocycles. The van der Waals surface area contributed by atoms with E-state index in [4.69, 9.17) is 9.47 Å². The number of H-pyrrole nitrogens is 1. The molecule has 0 spiro atoms. The summed E-state index contributed by atoms with van der Waals surface area (Å²) in [6.45, 7) is 2.75. The van der Waals surface area contributed by atoms with Crippen LogP contribution in [-0.2, 0) is 11.3 Å².